The molecule has 1 aliphatic carbocycles. The zero-order valence-corrected chi connectivity index (χ0v) is 10.5. The summed E-state index contributed by atoms with van der Waals surface area (Å²) in [5, 5.41) is 3.38. The second-order valence-corrected chi connectivity index (χ2v) is 5.82. The van der Waals surface area contributed by atoms with E-state index in [0.29, 0.717) is 5.41 Å². The van der Waals surface area contributed by atoms with Crippen molar-refractivity contribution in [2.75, 3.05) is 6.54 Å². The van der Waals surface area contributed by atoms with Gasteiger partial charge in [-0.15, -0.1) is 11.3 Å². The molecule has 0 amide bonds. The molecule has 0 spiro atoms. The molecule has 0 aliphatic heterocycles. The average molecular weight is 244 g/mol. The van der Waals surface area contributed by atoms with Crippen LogP contribution in [0.1, 0.15) is 17.8 Å². The molecule has 3 rings (SSSR count). The number of rotatable bonds is 4. The van der Waals surface area contributed by atoms with E-state index >= 15 is 0 Å². The minimum Gasteiger partial charge on any atom is -0.330 e. The van der Waals surface area contributed by atoms with Gasteiger partial charge in [-0.3, -0.25) is 0 Å². The normalized spacial score (nSPS) is 17.0. The maximum Gasteiger partial charge on any atom is 0.0938 e. The Morgan fingerprint density at radius 1 is 1.24 bits per heavy atom. The zero-order valence-electron chi connectivity index (χ0n) is 9.73. The maximum atomic E-state index is 5.81. The van der Waals surface area contributed by atoms with Gasteiger partial charge in [-0.1, -0.05) is 30.3 Å². The molecule has 1 aromatic heterocycles. The van der Waals surface area contributed by atoms with Gasteiger partial charge >= 0.3 is 0 Å². The van der Waals surface area contributed by atoms with Crippen molar-refractivity contribution in [3.8, 4) is 11.3 Å². The fourth-order valence-electron chi connectivity index (χ4n) is 2.08. The van der Waals surface area contributed by atoms with E-state index in [4.69, 9.17) is 10.7 Å². The molecular formula is C14H16N2S. The molecular weight excluding hydrogens is 228 g/mol. The van der Waals surface area contributed by atoms with Crippen LogP contribution in [0.3, 0.4) is 0 Å². The molecule has 0 radical (unpaired) electrons. The molecule has 1 heterocycles. The van der Waals surface area contributed by atoms with Gasteiger partial charge in [0.1, 0.15) is 0 Å². The largest absolute Gasteiger partial charge is 0.330 e. The second-order valence-electron chi connectivity index (χ2n) is 4.87. The van der Waals surface area contributed by atoms with Gasteiger partial charge in [0.25, 0.3) is 0 Å². The van der Waals surface area contributed by atoms with E-state index in [9.17, 15) is 0 Å². The Kier molecular flexibility index (Phi) is 2.73. The highest BCUT2D eigenvalue weighted by atomic mass is 32.1. The lowest BCUT2D eigenvalue weighted by Gasteiger charge is -2.08. The van der Waals surface area contributed by atoms with Crippen molar-refractivity contribution >= 4 is 11.3 Å². The van der Waals surface area contributed by atoms with Crippen LogP contribution in [0.15, 0.2) is 35.7 Å². The van der Waals surface area contributed by atoms with Gasteiger partial charge < -0.3 is 5.73 Å². The third kappa shape index (κ3) is 2.26. The van der Waals surface area contributed by atoms with Crippen molar-refractivity contribution in [2.45, 2.75) is 19.3 Å². The molecule has 3 heteroatoms. The molecule has 1 fully saturated rings. The van der Waals surface area contributed by atoms with Gasteiger partial charge in [-0.05, 0) is 24.8 Å². The molecule has 0 atom stereocenters. The molecule has 1 aromatic carbocycles. The summed E-state index contributed by atoms with van der Waals surface area (Å²) in [5.41, 5.74) is 8.49. The summed E-state index contributed by atoms with van der Waals surface area (Å²) in [6.45, 7) is 0.799. The Labute approximate surface area is 106 Å². The summed E-state index contributed by atoms with van der Waals surface area (Å²) in [6.07, 6.45) is 3.59. The monoisotopic (exact) mass is 244 g/mol. The van der Waals surface area contributed by atoms with Gasteiger partial charge in [-0.25, -0.2) is 4.98 Å². The number of aromatic nitrogens is 1. The van der Waals surface area contributed by atoms with Crippen LogP contribution in [-0.4, -0.2) is 11.5 Å². The third-order valence-electron chi connectivity index (χ3n) is 3.54. The van der Waals surface area contributed by atoms with E-state index in [1.165, 1.54) is 23.4 Å². The van der Waals surface area contributed by atoms with Gasteiger partial charge in [0.2, 0.25) is 0 Å². The Morgan fingerprint density at radius 2 is 2.00 bits per heavy atom. The van der Waals surface area contributed by atoms with Crippen LogP contribution in [0.25, 0.3) is 11.3 Å². The lowest BCUT2D eigenvalue weighted by molar-refractivity contribution is 0.520. The highest BCUT2D eigenvalue weighted by Crippen LogP contribution is 2.47. The highest BCUT2D eigenvalue weighted by Gasteiger charge is 2.41. The van der Waals surface area contributed by atoms with E-state index in [1.807, 2.05) is 6.07 Å². The molecule has 17 heavy (non-hydrogen) atoms. The fourth-order valence-corrected chi connectivity index (χ4v) is 3.06. The lowest BCUT2D eigenvalue weighted by Crippen LogP contribution is -2.17. The summed E-state index contributed by atoms with van der Waals surface area (Å²) < 4.78 is 0. The number of nitrogens with two attached hydrogens (primary N) is 1. The quantitative estimate of drug-likeness (QED) is 0.897. The van der Waals surface area contributed by atoms with Crippen molar-refractivity contribution in [2.24, 2.45) is 11.1 Å². The molecule has 0 unspecified atom stereocenters. The Bertz CT molecular complexity index is 500. The minimum atomic E-state index is 0.381. The Balaban J connectivity index is 1.79. The predicted molar refractivity (Wildman–Crippen MR) is 72.0 cm³/mol. The summed E-state index contributed by atoms with van der Waals surface area (Å²) in [6, 6.07) is 10.3. The van der Waals surface area contributed by atoms with Crippen LogP contribution in [0, 0.1) is 5.41 Å². The van der Waals surface area contributed by atoms with E-state index in [2.05, 4.69) is 29.6 Å². The molecule has 1 aliphatic rings. The van der Waals surface area contributed by atoms with Gasteiger partial charge in [0, 0.05) is 17.4 Å². The topological polar surface area (TPSA) is 38.9 Å². The van der Waals surface area contributed by atoms with Crippen LogP contribution >= 0.6 is 11.3 Å². The van der Waals surface area contributed by atoms with Crippen LogP contribution in [-0.2, 0) is 6.42 Å². The van der Waals surface area contributed by atoms with Crippen LogP contribution < -0.4 is 5.73 Å². The Morgan fingerprint density at radius 3 is 2.65 bits per heavy atom. The van der Waals surface area contributed by atoms with E-state index in [0.717, 1.165) is 18.7 Å². The van der Waals surface area contributed by atoms with Crippen molar-refractivity contribution < 1.29 is 0 Å². The standard InChI is InChI=1S/C14H16N2S/c15-10-14(6-7-14)8-13-16-12(9-17-13)11-4-2-1-3-5-11/h1-5,9H,6-8,10,15H2. The molecule has 1 saturated carbocycles. The van der Waals surface area contributed by atoms with Crippen molar-refractivity contribution in [3.63, 3.8) is 0 Å². The number of thiazole rings is 1. The first kappa shape index (κ1) is 10.9. The summed E-state index contributed by atoms with van der Waals surface area (Å²) in [7, 11) is 0. The number of hydrogen-bond acceptors (Lipinski definition) is 3. The summed E-state index contributed by atoms with van der Waals surface area (Å²) >= 11 is 1.76. The summed E-state index contributed by atoms with van der Waals surface area (Å²) in [4.78, 5) is 4.72. The van der Waals surface area contributed by atoms with E-state index < -0.39 is 0 Å². The SMILES string of the molecule is NCC1(Cc2nc(-c3ccccc3)cs2)CC1. The fraction of sp³-hybridized carbons (Fsp3) is 0.357. The minimum absolute atomic E-state index is 0.381. The molecule has 0 bridgehead atoms. The van der Waals surface area contributed by atoms with E-state index in [1.54, 1.807) is 11.3 Å². The molecule has 2 nitrogen and oxygen atoms in total. The van der Waals surface area contributed by atoms with Crippen molar-refractivity contribution in [3.05, 3.63) is 40.7 Å². The third-order valence-corrected chi connectivity index (χ3v) is 4.39. The molecule has 88 valence electrons. The van der Waals surface area contributed by atoms with Crippen LogP contribution in [0.2, 0.25) is 0 Å². The number of benzene rings is 1. The zero-order chi connectivity index (χ0) is 11.7. The maximum absolute atomic E-state index is 5.81. The van der Waals surface area contributed by atoms with Crippen molar-refractivity contribution in [1.29, 1.82) is 0 Å². The first-order valence-corrected chi connectivity index (χ1v) is 6.89. The van der Waals surface area contributed by atoms with Crippen LogP contribution in [0.4, 0.5) is 0 Å². The van der Waals surface area contributed by atoms with Gasteiger partial charge in [0.15, 0.2) is 0 Å². The number of hydrogen-bond donors (Lipinski definition) is 1. The van der Waals surface area contributed by atoms with Gasteiger partial charge in [0.05, 0.1) is 10.7 Å². The highest BCUT2D eigenvalue weighted by molar-refractivity contribution is 7.09. The van der Waals surface area contributed by atoms with Crippen LogP contribution in [0.5, 0.6) is 0 Å². The Hall–Kier alpha value is -1.19. The lowest BCUT2D eigenvalue weighted by atomic mass is 10.0. The van der Waals surface area contributed by atoms with Crippen molar-refractivity contribution in [1.82, 2.24) is 4.98 Å². The molecule has 2 N–H and O–H groups in total. The molecule has 2 aromatic rings. The first-order chi connectivity index (χ1) is 8.31. The van der Waals surface area contributed by atoms with E-state index in [-0.39, 0.29) is 0 Å². The first-order valence-electron chi connectivity index (χ1n) is 6.01. The number of nitrogens with zero attached hydrogens (tertiary/aromatic N) is 1. The second kappa shape index (κ2) is 4.24. The van der Waals surface area contributed by atoms with Gasteiger partial charge in [-0.2, -0.15) is 0 Å². The predicted octanol–water partition coefficient (Wildman–Crippen LogP) is 3.09. The summed E-state index contributed by atoms with van der Waals surface area (Å²) in [5.74, 6) is 0. The average Bonchev–Trinajstić information content (AvgIpc) is 3.00. The molecule has 0 saturated heterocycles. The smallest absolute Gasteiger partial charge is 0.0938 e.